The molecule has 1 heterocycles. The van der Waals surface area contributed by atoms with Crippen LogP contribution in [0.1, 0.15) is 42.7 Å². The van der Waals surface area contributed by atoms with Crippen molar-refractivity contribution < 1.29 is 24.2 Å². The van der Waals surface area contributed by atoms with Gasteiger partial charge in [-0.2, -0.15) is 0 Å². The summed E-state index contributed by atoms with van der Waals surface area (Å²) in [7, 11) is 0. The zero-order chi connectivity index (χ0) is 23.7. The van der Waals surface area contributed by atoms with Crippen LogP contribution in [0.3, 0.4) is 0 Å². The van der Waals surface area contributed by atoms with E-state index in [2.05, 4.69) is 29.6 Å². The molecule has 2 aromatic carbocycles. The molecule has 5 rings (SSSR count). The fourth-order valence-corrected chi connectivity index (χ4v) is 5.48. The summed E-state index contributed by atoms with van der Waals surface area (Å²) >= 11 is 0. The Bertz CT molecular complexity index is 1050. The van der Waals surface area contributed by atoms with E-state index in [4.69, 9.17) is 9.84 Å². The number of rotatable bonds is 7. The maximum absolute atomic E-state index is 12.7. The normalized spacial score (nSPS) is 21.5. The summed E-state index contributed by atoms with van der Waals surface area (Å²) in [4.78, 5) is 37.9. The van der Waals surface area contributed by atoms with Gasteiger partial charge in [-0.1, -0.05) is 48.5 Å². The van der Waals surface area contributed by atoms with Crippen LogP contribution < -0.4 is 5.32 Å². The second kappa shape index (κ2) is 9.49. The molecule has 0 spiro atoms. The van der Waals surface area contributed by atoms with Crippen LogP contribution in [0.2, 0.25) is 0 Å². The number of carbonyl (C=O) groups excluding carboxylic acids is 2. The highest BCUT2D eigenvalue weighted by atomic mass is 16.5. The molecule has 0 aromatic heterocycles. The molecule has 0 bridgehead atoms. The third kappa shape index (κ3) is 4.65. The van der Waals surface area contributed by atoms with Gasteiger partial charge in [-0.3, -0.25) is 9.59 Å². The zero-order valence-electron chi connectivity index (χ0n) is 19.1. The fraction of sp³-hybridized carbons (Fsp3) is 0.444. The van der Waals surface area contributed by atoms with Crippen molar-refractivity contribution in [2.75, 3.05) is 26.2 Å². The minimum Gasteiger partial charge on any atom is -0.481 e. The first-order valence-corrected chi connectivity index (χ1v) is 12.1. The molecule has 1 saturated carbocycles. The number of hydrogen-bond donors (Lipinski definition) is 2. The van der Waals surface area contributed by atoms with Gasteiger partial charge in [-0.25, -0.2) is 4.79 Å². The molecule has 0 unspecified atom stereocenters. The molecule has 2 atom stereocenters. The molecular weight excluding hydrogens is 432 g/mol. The van der Waals surface area contributed by atoms with Crippen LogP contribution in [0.15, 0.2) is 48.5 Å². The Labute approximate surface area is 199 Å². The number of carbonyl (C=O) groups is 3. The van der Waals surface area contributed by atoms with Gasteiger partial charge in [0.05, 0.1) is 0 Å². The second-order valence-electron chi connectivity index (χ2n) is 9.68. The van der Waals surface area contributed by atoms with E-state index in [0.717, 1.165) is 19.3 Å². The molecule has 2 fully saturated rings. The number of likely N-dealkylation sites (tertiary alicyclic amines) is 1. The third-order valence-corrected chi connectivity index (χ3v) is 7.48. The molecule has 0 radical (unpaired) electrons. The lowest BCUT2D eigenvalue weighted by molar-refractivity contribution is -0.139. The molecule has 34 heavy (non-hydrogen) atoms. The molecule has 1 aliphatic heterocycles. The van der Waals surface area contributed by atoms with Crippen LogP contribution in [-0.2, 0) is 14.3 Å². The first-order valence-electron chi connectivity index (χ1n) is 12.1. The molecule has 7 nitrogen and oxygen atoms in total. The summed E-state index contributed by atoms with van der Waals surface area (Å²) in [6.45, 7) is 1.96. The van der Waals surface area contributed by atoms with Crippen molar-refractivity contribution >= 4 is 18.0 Å². The first kappa shape index (κ1) is 22.4. The molecule has 2 amide bonds. The SMILES string of the molecule is O=C(O)CC1CCN(C(=O)[C@@H]2C[C@@H]2CNC(=O)OCC2c3ccccc3-c3ccccc32)CC1. The van der Waals surface area contributed by atoms with Crippen LogP contribution in [-0.4, -0.2) is 54.2 Å². The predicted molar refractivity (Wildman–Crippen MR) is 126 cm³/mol. The van der Waals surface area contributed by atoms with Crippen molar-refractivity contribution in [3.63, 3.8) is 0 Å². The predicted octanol–water partition coefficient (Wildman–Crippen LogP) is 3.87. The molecule has 1 saturated heterocycles. The van der Waals surface area contributed by atoms with Gasteiger partial charge in [-0.15, -0.1) is 0 Å². The molecule has 2 aliphatic carbocycles. The molecule has 7 heteroatoms. The van der Waals surface area contributed by atoms with Gasteiger partial charge in [0.1, 0.15) is 6.61 Å². The van der Waals surface area contributed by atoms with Crippen molar-refractivity contribution in [1.82, 2.24) is 10.2 Å². The van der Waals surface area contributed by atoms with E-state index in [1.54, 1.807) is 0 Å². The number of nitrogens with one attached hydrogen (secondary N) is 1. The Kier molecular flexibility index (Phi) is 6.26. The average Bonchev–Trinajstić information content (AvgIpc) is 3.56. The highest BCUT2D eigenvalue weighted by Gasteiger charge is 2.45. The lowest BCUT2D eigenvalue weighted by atomic mass is 9.93. The van der Waals surface area contributed by atoms with Crippen molar-refractivity contribution in [3.8, 4) is 11.1 Å². The van der Waals surface area contributed by atoms with Gasteiger partial charge in [0.2, 0.25) is 5.91 Å². The van der Waals surface area contributed by atoms with Crippen molar-refractivity contribution in [1.29, 1.82) is 0 Å². The number of amides is 2. The highest BCUT2D eigenvalue weighted by molar-refractivity contribution is 5.82. The molecule has 178 valence electrons. The number of piperidine rings is 1. The topological polar surface area (TPSA) is 95.9 Å². The molecular formula is C27H30N2O5. The van der Waals surface area contributed by atoms with Gasteiger partial charge in [0.25, 0.3) is 0 Å². The van der Waals surface area contributed by atoms with Gasteiger partial charge < -0.3 is 20.1 Å². The second-order valence-corrected chi connectivity index (χ2v) is 9.68. The summed E-state index contributed by atoms with van der Waals surface area (Å²) in [6.07, 6.45) is 1.99. The van der Waals surface area contributed by atoms with E-state index in [1.165, 1.54) is 22.3 Å². The first-order chi connectivity index (χ1) is 16.5. The van der Waals surface area contributed by atoms with Gasteiger partial charge in [-0.05, 0) is 53.4 Å². The van der Waals surface area contributed by atoms with E-state index >= 15 is 0 Å². The van der Waals surface area contributed by atoms with Crippen LogP contribution >= 0.6 is 0 Å². The summed E-state index contributed by atoms with van der Waals surface area (Å²) in [6, 6.07) is 16.5. The van der Waals surface area contributed by atoms with Crippen molar-refractivity contribution in [3.05, 3.63) is 59.7 Å². The summed E-state index contributed by atoms with van der Waals surface area (Å²) in [5, 5.41) is 11.8. The number of aliphatic carboxylic acids is 1. The van der Waals surface area contributed by atoms with Crippen molar-refractivity contribution in [2.24, 2.45) is 17.8 Å². The Hall–Kier alpha value is -3.35. The zero-order valence-corrected chi connectivity index (χ0v) is 19.1. The minimum absolute atomic E-state index is 0.0254. The lowest BCUT2D eigenvalue weighted by Gasteiger charge is -2.31. The molecule has 2 aromatic rings. The van der Waals surface area contributed by atoms with E-state index in [1.807, 2.05) is 29.2 Å². The van der Waals surface area contributed by atoms with Gasteiger partial charge in [0.15, 0.2) is 0 Å². The number of carboxylic acids is 1. The van der Waals surface area contributed by atoms with Gasteiger partial charge in [0, 0.05) is 37.9 Å². The molecule has 3 aliphatic rings. The van der Waals surface area contributed by atoms with E-state index in [9.17, 15) is 14.4 Å². The summed E-state index contributed by atoms with van der Waals surface area (Å²) in [5.74, 6) is -0.363. The Morgan fingerprint density at radius 3 is 2.21 bits per heavy atom. The van der Waals surface area contributed by atoms with E-state index in [0.29, 0.717) is 19.6 Å². The Morgan fingerprint density at radius 1 is 0.971 bits per heavy atom. The molecule has 2 N–H and O–H groups in total. The van der Waals surface area contributed by atoms with Crippen LogP contribution in [0.25, 0.3) is 11.1 Å². The maximum Gasteiger partial charge on any atom is 0.407 e. The monoisotopic (exact) mass is 462 g/mol. The van der Waals surface area contributed by atoms with Crippen LogP contribution in [0.5, 0.6) is 0 Å². The number of hydrogen-bond acceptors (Lipinski definition) is 4. The number of nitrogens with zero attached hydrogens (tertiary/aromatic N) is 1. The quantitative estimate of drug-likeness (QED) is 0.651. The van der Waals surface area contributed by atoms with Crippen LogP contribution in [0, 0.1) is 17.8 Å². The Balaban J connectivity index is 1.07. The standard InChI is InChI=1S/C27H30N2O5/c30-25(31)13-17-9-11-29(12-10-17)26(32)23-14-18(23)15-28-27(33)34-16-24-21-7-3-1-5-19(21)20-6-2-4-8-22(20)24/h1-8,17-18,23-24H,9-16H2,(H,28,33)(H,30,31)/t18-,23-/m1/s1. The number of fused-ring (bicyclic) bond motifs is 3. The third-order valence-electron chi connectivity index (χ3n) is 7.48. The maximum atomic E-state index is 12.7. The van der Waals surface area contributed by atoms with Gasteiger partial charge >= 0.3 is 12.1 Å². The lowest BCUT2D eigenvalue weighted by Crippen LogP contribution is -2.40. The van der Waals surface area contributed by atoms with E-state index < -0.39 is 12.1 Å². The number of carboxylic acid groups (broad SMARTS) is 1. The number of alkyl carbamates (subject to hydrolysis) is 1. The largest absolute Gasteiger partial charge is 0.481 e. The number of benzene rings is 2. The fourth-order valence-electron chi connectivity index (χ4n) is 5.48. The smallest absolute Gasteiger partial charge is 0.407 e. The average molecular weight is 463 g/mol. The summed E-state index contributed by atoms with van der Waals surface area (Å²) in [5.41, 5.74) is 4.74. The highest BCUT2D eigenvalue weighted by Crippen LogP contribution is 2.44. The Morgan fingerprint density at radius 2 is 1.59 bits per heavy atom. The van der Waals surface area contributed by atoms with Crippen molar-refractivity contribution in [2.45, 2.75) is 31.6 Å². The van der Waals surface area contributed by atoms with E-state index in [-0.39, 0.29) is 42.6 Å². The van der Waals surface area contributed by atoms with Crippen LogP contribution in [0.4, 0.5) is 4.79 Å². The minimum atomic E-state index is -0.772. The summed E-state index contributed by atoms with van der Waals surface area (Å²) < 4.78 is 5.58. The number of ether oxygens (including phenoxy) is 1.